The summed E-state index contributed by atoms with van der Waals surface area (Å²) in [6, 6.07) is 3.53. The van der Waals surface area contributed by atoms with Crippen LogP contribution >= 0.6 is 0 Å². The number of pyridine rings is 1. The van der Waals surface area contributed by atoms with Gasteiger partial charge in [0.25, 0.3) is 0 Å². The fraction of sp³-hybridized carbons (Fsp3) is 0.647. The number of ether oxygens (including phenoxy) is 1. The first kappa shape index (κ1) is 18.7. The first-order valence-corrected chi connectivity index (χ1v) is 8.15. The van der Waals surface area contributed by atoms with Crippen LogP contribution in [0.2, 0.25) is 0 Å². The van der Waals surface area contributed by atoms with Gasteiger partial charge in [-0.05, 0) is 39.2 Å². The van der Waals surface area contributed by atoms with Gasteiger partial charge in [0.1, 0.15) is 5.82 Å². The van der Waals surface area contributed by atoms with E-state index in [1.807, 2.05) is 54.5 Å². The third-order valence-corrected chi connectivity index (χ3v) is 4.18. The predicted octanol–water partition coefficient (Wildman–Crippen LogP) is 2.98. The minimum absolute atomic E-state index is 0.0780. The lowest BCUT2D eigenvalue weighted by Crippen LogP contribution is -2.41. The summed E-state index contributed by atoms with van der Waals surface area (Å²) in [5.41, 5.74) is -0.0653. The number of anilines is 1. The quantitative estimate of drug-likeness (QED) is 0.861. The molecule has 0 spiro atoms. The number of aromatic nitrogens is 1. The molecular formula is C17H27BN2O4. The summed E-state index contributed by atoms with van der Waals surface area (Å²) >= 11 is 0. The van der Waals surface area contributed by atoms with E-state index in [1.54, 1.807) is 12.3 Å². The van der Waals surface area contributed by atoms with Gasteiger partial charge in [-0.15, -0.1) is 0 Å². The molecule has 6 nitrogen and oxygen atoms in total. The van der Waals surface area contributed by atoms with Crippen molar-refractivity contribution in [2.24, 2.45) is 5.41 Å². The summed E-state index contributed by atoms with van der Waals surface area (Å²) in [7, 11) is -0.468. The molecular weight excluding hydrogens is 307 g/mol. The third kappa shape index (κ3) is 4.48. The minimum atomic E-state index is -0.513. The van der Waals surface area contributed by atoms with Gasteiger partial charge in [0.2, 0.25) is 0 Å². The highest BCUT2D eigenvalue weighted by atomic mass is 16.7. The van der Waals surface area contributed by atoms with Gasteiger partial charge in [-0.1, -0.05) is 26.8 Å². The van der Waals surface area contributed by atoms with Crippen LogP contribution < -0.4 is 10.8 Å². The van der Waals surface area contributed by atoms with Crippen LogP contribution in [0.4, 0.5) is 10.6 Å². The summed E-state index contributed by atoms with van der Waals surface area (Å²) in [5.74, 6) is 0.425. The molecule has 1 fully saturated rings. The van der Waals surface area contributed by atoms with Crippen LogP contribution in [0.3, 0.4) is 0 Å². The number of hydrogen-bond acceptors (Lipinski definition) is 5. The van der Waals surface area contributed by atoms with E-state index in [2.05, 4.69) is 10.3 Å². The molecule has 0 unspecified atom stereocenters. The summed E-state index contributed by atoms with van der Waals surface area (Å²) in [6.07, 6.45) is 1.13. The number of carbonyl (C=O) groups excluding carboxylic acids is 1. The Balaban J connectivity index is 1.96. The first-order valence-electron chi connectivity index (χ1n) is 8.15. The van der Waals surface area contributed by atoms with Crippen LogP contribution in [0, 0.1) is 5.41 Å². The first-order chi connectivity index (χ1) is 10.9. The molecule has 1 aromatic heterocycles. The van der Waals surface area contributed by atoms with Gasteiger partial charge in [0.15, 0.2) is 0 Å². The highest BCUT2D eigenvalue weighted by molar-refractivity contribution is 6.62. The average Bonchev–Trinajstić information content (AvgIpc) is 2.65. The van der Waals surface area contributed by atoms with Gasteiger partial charge in [-0.2, -0.15) is 0 Å². The Morgan fingerprint density at radius 3 is 2.25 bits per heavy atom. The molecule has 1 aliphatic heterocycles. The van der Waals surface area contributed by atoms with Gasteiger partial charge in [-0.3, -0.25) is 5.32 Å². The fourth-order valence-electron chi connectivity index (χ4n) is 2.02. The monoisotopic (exact) mass is 334 g/mol. The van der Waals surface area contributed by atoms with Crippen LogP contribution in [0.1, 0.15) is 48.5 Å². The van der Waals surface area contributed by atoms with Crippen LogP contribution in [0.25, 0.3) is 0 Å². The van der Waals surface area contributed by atoms with Crippen molar-refractivity contribution < 1.29 is 18.8 Å². The summed E-state index contributed by atoms with van der Waals surface area (Å²) in [4.78, 5) is 16.0. The fourth-order valence-corrected chi connectivity index (χ4v) is 2.02. The second-order valence-corrected chi connectivity index (χ2v) is 8.33. The zero-order valence-electron chi connectivity index (χ0n) is 15.6. The minimum Gasteiger partial charge on any atom is -0.449 e. The lowest BCUT2D eigenvalue weighted by atomic mass is 9.80. The van der Waals surface area contributed by atoms with Crippen molar-refractivity contribution in [1.29, 1.82) is 0 Å². The molecule has 2 rings (SSSR count). The SMILES string of the molecule is CC(C)(C)COC(=O)Nc1ccc(B2OC(C)(C)C(C)(C)O2)cn1. The molecule has 0 bridgehead atoms. The number of rotatable bonds is 3. The molecule has 0 saturated carbocycles. The number of carbonyl (C=O) groups is 1. The maximum Gasteiger partial charge on any atom is 0.496 e. The zero-order chi connectivity index (χ0) is 18.2. The van der Waals surface area contributed by atoms with E-state index in [0.717, 1.165) is 5.46 Å². The van der Waals surface area contributed by atoms with Crippen LogP contribution in [0.5, 0.6) is 0 Å². The highest BCUT2D eigenvalue weighted by Crippen LogP contribution is 2.36. The van der Waals surface area contributed by atoms with Crippen molar-refractivity contribution in [3.63, 3.8) is 0 Å². The molecule has 1 aliphatic rings. The van der Waals surface area contributed by atoms with Crippen LogP contribution in [0.15, 0.2) is 18.3 Å². The van der Waals surface area contributed by atoms with E-state index in [0.29, 0.717) is 12.4 Å². The van der Waals surface area contributed by atoms with Crippen molar-refractivity contribution in [3.8, 4) is 0 Å². The molecule has 1 N–H and O–H groups in total. The number of nitrogens with zero attached hydrogens (tertiary/aromatic N) is 1. The molecule has 0 radical (unpaired) electrons. The second-order valence-electron chi connectivity index (χ2n) is 8.33. The van der Waals surface area contributed by atoms with E-state index in [1.165, 1.54) is 0 Å². The Labute approximate surface area is 144 Å². The Hall–Kier alpha value is -1.60. The lowest BCUT2D eigenvalue weighted by Gasteiger charge is -2.32. The Kier molecular flexibility index (Phi) is 4.97. The average molecular weight is 334 g/mol. The van der Waals surface area contributed by atoms with Gasteiger partial charge in [0.05, 0.1) is 17.8 Å². The van der Waals surface area contributed by atoms with Gasteiger partial charge >= 0.3 is 13.2 Å². The predicted molar refractivity (Wildman–Crippen MR) is 94.4 cm³/mol. The van der Waals surface area contributed by atoms with Crippen molar-refractivity contribution in [2.45, 2.75) is 59.7 Å². The highest BCUT2D eigenvalue weighted by Gasteiger charge is 2.51. The molecule has 0 aromatic carbocycles. The maximum absolute atomic E-state index is 11.7. The number of amides is 1. The van der Waals surface area contributed by atoms with E-state index in [9.17, 15) is 4.79 Å². The van der Waals surface area contributed by atoms with E-state index >= 15 is 0 Å². The standard InChI is InChI=1S/C17H27BN2O4/c1-15(2,3)11-22-14(21)20-13-9-8-12(10-19-13)18-23-16(4,5)17(6,7)24-18/h8-10H,11H2,1-7H3,(H,19,20,21). The van der Waals surface area contributed by atoms with Gasteiger partial charge in [-0.25, -0.2) is 9.78 Å². The van der Waals surface area contributed by atoms with Crippen LogP contribution in [-0.2, 0) is 14.0 Å². The normalized spacial score (nSPS) is 19.2. The third-order valence-electron chi connectivity index (χ3n) is 4.18. The van der Waals surface area contributed by atoms with E-state index in [4.69, 9.17) is 14.0 Å². The van der Waals surface area contributed by atoms with Gasteiger partial charge in [0, 0.05) is 11.7 Å². The van der Waals surface area contributed by atoms with Crippen molar-refractivity contribution >= 4 is 24.5 Å². The Morgan fingerprint density at radius 1 is 1.21 bits per heavy atom. The molecule has 0 atom stereocenters. The van der Waals surface area contributed by atoms with Crippen molar-refractivity contribution in [1.82, 2.24) is 4.98 Å². The summed E-state index contributed by atoms with van der Waals surface area (Å²) in [5, 5.41) is 2.61. The number of nitrogens with one attached hydrogen (secondary N) is 1. The van der Waals surface area contributed by atoms with E-state index < -0.39 is 24.4 Å². The Morgan fingerprint density at radius 2 is 1.79 bits per heavy atom. The second kappa shape index (κ2) is 6.37. The van der Waals surface area contributed by atoms with E-state index in [-0.39, 0.29) is 5.41 Å². The molecule has 1 aromatic rings. The van der Waals surface area contributed by atoms with Crippen molar-refractivity contribution in [3.05, 3.63) is 18.3 Å². The largest absolute Gasteiger partial charge is 0.496 e. The Bertz CT molecular complexity index is 578. The molecule has 7 heteroatoms. The van der Waals surface area contributed by atoms with Gasteiger partial charge < -0.3 is 14.0 Å². The zero-order valence-corrected chi connectivity index (χ0v) is 15.6. The van der Waals surface area contributed by atoms with Crippen LogP contribution in [-0.4, -0.2) is 36.0 Å². The molecule has 24 heavy (non-hydrogen) atoms. The maximum atomic E-state index is 11.7. The lowest BCUT2D eigenvalue weighted by molar-refractivity contribution is 0.00578. The molecule has 2 heterocycles. The van der Waals surface area contributed by atoms with Crippen molar-refractivity contribution in [2.75, 3.05) is 11.9 Å². The molecule has 0 aliphatic carbocycles. The summed E-state index contributed by atoms with van der Waals surface area (Å²) in [6.45, 7) is 14.3. The topological polar surface area (TPSA) is 69.7 Å². The molecule has 1 saturated heterocycles. The summed E-state index contributed by atoms with van der Waals surface area (Å²) < 4.78 is 17.1. The molecule has 132 valence electrons. The molecule has 1 amide bonds. The number of hydrogen-bond donors (Lipinski definition) is 1. The smallest absolute Gasteiger partial charge is 0.449 e.